The fraction of sp³-hybridized carbons (Fsp3) is 0.478. The van der Waals surface area contributed by atoms with Gasteiger partial charge in [-0.1, -0.05) is 0 Å². The molecule has 8 nitrogen and oxygen atoms in total. The van der Waals surface area contributed by atoms with Gasteiger partial charge in [0.25, 0.3) is 0 Å². The molecule has 0 bridgehead atoms. The predicted octanol–water partition coefficient (Wildman–Crippen LogP) is 2.07. The van der Waals surface area contributed by atoms with Crippen LogP contribution in [0, 0.1) is 17.2 Å². The van der Waals surface area contributed by atoms with Crippen molar-refractivity contribution in [3.63, 3.8) is 0 Å². The first-order chi connectivity index (χ1) is 14.9. The van der Waals surface area contributed by atoms with Gasteiger partial charge in [-0.3, -0.25) is 9.59 Å². The molecule has 3 aliphatic rings. The lowest BCUT2D eigenvalue weighted by atomic mass is 9.51. The average molecular weight is 446 g/mol. The van der Waals surface area contributed by atoms with E-state index in [9.17, 15) is 34.4 Å². The number of benzene rings is 1. The second-order valence-electron chi connectivity index (χ2n) is 9.36. The van der Waals surface area contributed by atoms with Crippen molar-refractivity contribution in [1.82, 2.24) is 4.90 Å². The van der Waals surface area contributed by atoms with Crippen LogP contribution in [0.2, 0.25) is 0 Å². The Morgan fingerprint density at radius 1 is 1.25 bits per heavy atom. The number of halogens is 1. The minimum absolute atomic E-state index is 0.00718. The van der Waals surface area contributed by atoms with Crippen LogP contribution < -0.4 is 5.32 Å². The molecule has 0 saturated heterocycles. The van der Waals surface area contributed by atoms with Gasteiger partial charge in [0, 0.05) is 48.2 Å². The van der Waals surface area contributed by atoms with Gasteiger partial charge in [0.1, 0.15) is 23.1 Å². The Morgan fingerprint density at radius 2 is 1.91 bits per heavy atom. The number of hydrogen-bond acceptors (Lipinski definition) is 8. The van der Waals surface area contributed by atoms with Crippen LogP contribution >= 0.6 is 0 Å². The molecule has 32 heavy (non-hydrogen) atoms. The fourth-order valence-electron chi connectivity index (χ4n) is 5.77. The largest absolute Gasteiger partial charge is 0.508 e. The molecule has 4 rings (SSSR count). The van der Waals surface area contributed by atoms with Crippen LogP contribution in [0.4, 0.5) is 10.1 Å². The molecule has 0 amide bonds. The van der Waals surface area contributed by atoms with Crippen LogP contribution in [-0.4, -0.2) is 70.2 Å². The molecular weight excluding hydrogens is 419 g/mol. The molecule has 3 atom stereocenters. The number of phenols is 1. The van der Waals surface area contributed by atoms with E-state index < -0.39 is 45.8 Å². The summed E-state index contributed by atoms with van der Waals surface area (Å²) in [5, 5.41) is 46.8. The SMILES string of the molecule is CNc1cc(F)c2c(c1O)C(O)=C1C(=O)[C@]3(O)C(O)=C(C)C(=O)C[C@]3(CN(C)C)CC1C2. The van der Waals surface area contributed by atoms with Crippen LogP contribution in [0.1, 0.15) is 30.9 Å². The molecule has 0 radical (unpaired) electrons. The number of aromatic hydroxyl groups is 1. The maximum Gasteiger partial charge on any atom is 0.202 e. The number of carbonyl (C=O) groups is 2. The third-order valence-corrected chi connectivity index (χ3v) is 7.18. The average Bonchev–Trinajstić information content (AvgIpc) is 2.71. The quantitative estimate of drug-likeness (QED) is 0.446. The van der Waals surface area contributed by atoms with Crippen molar-refractivity contribution in [2.75, 3.05) is 33.0 Å². The Kier molecular flexibility index (Phi) is 4.91. The summed E-state index contributed by atoms with van der Waals surface area (Å²) in [4.78, 5) is 28.1. The molecule has 5 N–H and O–H groups in total. The van der Waals surface area contributed by atoms with Gasteiger partial charge < -0.3 is 30.6 Å². The summed E-state index contributed by atoms with van der Waals surface area (Å²) >= 11 is 0. The van der Waals surface area contributed by atoms with E-state index >= 15 is 0 Å². The van der Waals surface area contributed by atoms with E-state index in [0.29, 0.717) is 0 Å². The van der Waals surface area contributed by atoms with Gasteiger partial charge in [0.2, 0.25) is 5.78 Å². The zero-order chi connectivity index (χ0) is 23.7. The lowest BCUT2D eigenvalue weighted by molar-refractivity contribution is -0.165. The molecule has 172 valence electrons. The van der Waals surface area contributed by atoms with Crippen molar-refractivity contribution in [3.8, 4) is 5.75 Å². The number of anilines is 1. The molecule has 9 heteroatoms. The number of ketones is 2. The zero-order valence-corrected chi connectivity index (χ0v) is 18.4. The highest BCUT2D eigenvalue weighted by molar-refractivity contribution is 6.13. The van der Waals surface area contributed by atoms with Gasteiger partial charge >= 0.3 is 0 Å². The fourth-order valence-corrected chi connectivity index (χ4v) is 5.77. The number of Topliss-reactive ketones (excluding diaryl/α,β-unsaturated/α-hetero) is 2. The van der Waals surface area contributed by atoms with Gasteiger partial charge in [-0.05, 0) is 39.8 Å². The number of allylic oxidation sites excluding steroid dienone is 1. The summed E-state index contributed by atoms with van der Waals surface area (Å²) in [6.45, 7) is 1.46. The number of rotatable bonds is 3. The lowest BCUT2D eigenvalue weighted by Crippen LogP contribution is -2.66. The molecule has 1 aromatic rings. The molecule has 1 saturated carbocycles. The van der Waals surface area contributed by atoms with Gasteiger partial charge in [0.15, 0.2) is 11.4 Å². The Balaban J connectivity index is 2.00. The van der Waals surface area contributed by atoms with E-state index in [-0.39, 0.29) is 59.6 Å². The number of hydrogen-bond donors (Lipinski definition) is 5. The van der Waals surface area contributed by atoms with E-state index in [1.807, 2.05) is 0 Å². The maximum atomic E-state index is 14.9. The highest BCUT2D eigenvalue weighted by Gasteiger charge is 2.67. The Hall–Kier alpha value is -2.91. The lowest BCUT2D eigenvalue weighted by Gasteiger charge is -2.55. The van der Waals surface area contributed by atoms with Crippen LogP contribution in [0.25, 0.3) is 5.76 Å². The number of aliphatic hydroxyl groups is 3. The molecular formula is C23H27FN2O6. The number of fused-ring (bicyclic) bond motifs is 3. The van der Waals surface area contributed by atoms with Gasteiger partial charge in [0.05, 0.1) is 11.3 Å². The van der Waals surface area contributed by atoms with Gasteiger partial charge in [-0.15, -0.1) is 0 Å². The molecule has 1 aromatic carbocycles. The van der Waals surface area contributed by atoms with Crippen LogP contribution in [-0.2, 0) is 16.0 Å². The molecule has 0 heterocycles. The number of nitrogens with one attached hydrogen (secondary N) is 1. The molecule has 1 fully saturated rings. The summed E-state index contributed by atoms with van der Waals surface area (Å²) in [6, 6.07) is 1.12. The zero-order valence-electron chi connectivity index (χ0n) is 18.4. The summed E-state index contributed by atoms with van der Waals surface area (Å²) in [6.07, 6.45) is -0.122. The molecule has 3 aliphatic carbocycles. The van der Waals surface area contributed by atoms with E-state index in [1.54, 1.807) is 19.0 Å². The Bertz CT molecular complexity index is 1120. The van der Waals surface area contributed by atoms with Crippen molar-refractivity contribution in [3.05, 3.63) is 39.9 Å². The highest BCUT2D eigenvalue weighted by Crippen LogP contribution is 2.58. The van der Waals surface area contributed by atoms with Gasteiger partial charge in [-0.2, -0.15) is 0 Å². The minimum atomic E-state index is -2.43. The van der Waals surface area contributed by atoms with Crippen LogP contribution in [0.3, 0.4) is 0 Å². The van der Waals surface area contributed by atoms with Crippen molar-refractivity contribution in [2.24, 2.45) is 11.3 Å². The Morgan fingerprint density at radius 3 is 2.50 bits per heavy atom. The smallest absolute Gasteiger partial charge is 0.202 e. The molecule has 1 unspecified atom stereocenters. The summed E-state index contributed by atoms with van der Waals surface area (Å²) in [5.41, 5.74) is -4.17. The topological polar surface area (TPSA) is 130 Å². The third kappa shape index (κ3) is 2.67. The van der Waals surface area contributed by atoms with Gasteiger partial charge in [-0.25, -0.2) is 4.39 Å². The first-order valence-corrected chi connectivity index (χ1v) is 10.4. The van der Waals surface area contributed by atoms with Crippen LogP contribution in [0.15, 0.2) is 23.0 Å². The predicted molar refractivity (Wildman–Crippen MR) is 115 cm³/mol. The maximum absolute atomic E-state index is 14.9. The normalized spacial score (nSPS) is 29.8. The summed E-state index contributed by atoms with van der Waals surface area (Å²) in [5.74, 6) is -4.42. The molecule has 0 spiro atoms. The van der Waals surface area contributed by atoms with Crippen molar-refractivity contribution in [1.29, 1.82) is 0 Å². The van der Waals surface area contributed by atoms with E-state index in [1.165, 1.54) is 14.0 Å². The highest BCUT2D eigenvalue weighted by atomic mass is 19.1. The third-order valence-electron chi connectivity index (χ3n) is 7.18. The first kappa shape index (κ1) is 22.3. The number of nitrogens with zero attached hydrogens (tertiary/aromatic N) is 1. The first-order valence-electron chi connectivity index (χ1n) is 10.4. The summed E-state index contributed by atoms with van der Waals surface area (Å²) in [7, 11) is 4.93. The molecule has 0 aromatic heterocycles. The number of phenolic OH excluding ortho intramolecular Hbond substituents is 1. The minimum Gasteiger partial charge on any atom is -0.508 e. The van der Waals surface area contributed by atoms with Crippen molar-refractivity contribution >= 4 is 23.0 Å². The standard InChI is InChI=1S/C23H27FN2O6/c1-10-15(27)8-22(9-26(3)4)7-11-5-12-13(24)6-14(25-2)18(28)17(12)19(29)16(11)21(31)23(22,32)20(10)30/h6,11,25,28-30,32H,5,7-9H2,1-4H3/t11?,22-,23+/m0/s1. The Labute approximate surface area is 184 Å². The van der Waals surface area contributed by atoms with E-state index in [4.69, 9.17) is 0 Å². The van der Waals surface area contributed by atoms with E-state index in [2.05, 4.69) is 5.32 Å². The second-order valence-corrected chi connectivity index (χ2v) is 9.36. The second kappa shape index (κ2) is 7.05. The number of aliphatic hydroxyl groups excluding tert-OH is 2. The van der Waals surface area contributed by atoms with Crippen molar-refractivity contribution in [2.45, 2.75) is 31.8 Å². The monoisotopic (exact) mass is 446 g/mol. The van der Waals surface area contributed by atoms with Crippen molar-refractivity contribution < 1.29 is 34.4 Å². The molecule has 0 aliphatic heterocycles. The number of carbonyl (C=O) groups excluding carboxylic acids is 2. The van der Waals surface area contributed by atoms with E-state index in [0.717, 1.165) is 6.07 Å². The van der Waals surface area contributed by atoms with Crippen LogP contribution in [0.5, 0.6) is 5.75 Å². The summed E-state index contributed by atoms with van der Waals surface area (Å²) < 4.78 is 14.9.